The lowest BCUT2D eigenvalue weighted by Crippen LogP contribution is -2.32. The molecule has 1 N–H and O–H groups in total. The van der Waals surface area contributed by atoms with Crippen molar-refractivity contribution in [1.82, 2.24) is 0 Å². The fraction of sp³-hybridized carbons (Fsp3) is 0.348. The third kappa shape index (κ3) is 5.44. The maximum atomic E-state index is 12.3. The van der Waals surface area contributed by atoms with Gasteiger partial charge < -0.3 is 15.1 Å². The molecule has 6 heteroatoms. The second-order valence-corrected chi connectivity index (χ2v) is 7.32. The monoisotopic (exact) mass is 393 g/mol. The first kappa shape index (κ1) is 20.6. The van der Waals surface area contributed by atoms with Gasteiger partial charge in [0.15, 0.2) is 5.78 Å². The van der Waals surface area contributed by atoms with Crippen molar-refractivity contribution < 1.29 is 14.4 Å². The van der Waals surface area contributed by atoms with Gasteiger partial charge in [0.25, 0.3) is 0 Å². The van der Waals surface area contributed by atoms with E-state index in [1.54, 1.807) is 29.2 Å². The molecule has 29 heavy (non-hydrogen) atoms. The molecule has 3 rings (SSSR count). The molecule has 1 aliphatic heterocycles. The molecule has 1 saturated heterocycles. The quantitative estimate of drug-likeness (QED) is 0.725. The summed E-state index contributed by atoms with van der Waals surface area (Å²) in [7, 11) is 0. The SMILES string of the molecule is CC(=O)c1cccc(NC(=O)CCN(C(C)=O)c2ccc(N3CCCC3)cc2)c1. The van der Waals surface area contributed by atoms with Crippen molar-refractivity contribution in [3.63, 3.8) is 0 Å². The van der Waals surface area contributed by atoms with Gasteiger partial charge >= 0.3 is 0 Å². The molecule has 0 radical (unpaired) electrons. The van der Waals surface area contributed by atoms with Gasteiger partial charge in [-0.1, -0.05) is 12.1 Å². The number of carbonyl (C=O) groups excluding carboxylic acids is 3. The molecule has 152 valence electrons. The van der Waals surface area contributed by atoms with Gasteiger partial charge in [0.05, 0.1) is 0 Å². The van der Waals surface area contributed by atoms with E-state index in [1.165, 1.54) is 26.7 Å². The molecule has 2 aromatic rings. The lowest BCUT2D eigenvalue weighted by Gasteiger charge is -2.23. The second-order valence-electron chi connectivity index (χ2n) is 7.32. The Kier molecular flexibility index (Phi) is 6.65. The molecule has 6 nitrogen and oxygen atoms in total. The molecule has 2 aromatic carbocycles. The number of rotatable bonds is 7. The Balaban J connectivity index is 1.60. The number of nitrogens with one attached hydrogen (secondary N) is 1. The molecule has 1 aliphatic rings. The highest BCUT2D eigenvalue weighted by atomic mass is 16.2. The van der Waals surface area contributed by atoms with E-state index in [4.69, 9.17) is 0 Å². The zero-order valence-corrected chi connectivity index (χ0v) is 17.0. The predicted octanol–water partition coefficient (Wildman–Crippen LogP) is 3.87. The minimum atomic E-state index is -0.203. The van der Waals surface area contributed by atoms with Crippen LogP contribution in [0.3, 0.4) is 0 Å². The predicted molar refractivity (Wildman–Crippen MR) is 116 cm³/mol. The molecular formula is C23H27N3O3. The standard InChI is InChI=1S/C23H27N3O3/c1-17(27)19-6-5-7-20(16-19)24-23(29)12-15-26(18(2)28)22-10-8-21(9-11-22)25-13-3-4-14-25/h5-11,16H,3-4,12-15H2,1-2H3,(H,24,29). The van der Waals surface area contributed by atoms with Crippen LogP contribution in [0.2, 0.25) is 0 Å². The topological polar surface area (TPSA) is 69.7 Å². The second kappa shape index (κ2) is 9.37. The van der Waals surface area contributed by atoms with E-state index in [0.717, 1.165) is 24.5 Å². The smallest absolute Gasteiger partial charge is 0.226 e. The molecule has 2 amide bonds. The third-order valence-corrected chi connectivity index (χ3v) is 5.13. The Hall–Kier alpha value is -3.15. The number of ketones is 1. The van der Waals surface area contributed by atoms with Gasteiger partial charge in [-0.15, -0.1) is 0 Å². The van der Waals surface area contributed by atoms with Gasteiger partial charge in [-0.05, 0) is 56.2 Å². The van der Waals surface area contributed by atoms with Crippen molar-refractivity contribution in [2.75, 3.05) is 34.8 Å². The normalized spacial score (nSPS) is 13.2. The first-order chi connectivity index (χ1) is 13.9. The maximum Gasteiger partial charge on any atom is 0.226 e. The molecular weight excluding hydrogens is 366 g/mol. The first-order valence-corrected chi connectivity index (χ1v) is 9.98. The van der Waals surface area contributed by atoms with Gasteiger partial charge in [-0.25, -0.2) is 0 Å². The van der Waals surface area contributed by atoms with Gasteiger partial charge in [0.2, 0.25) is 11.8 Å². The lowest BCUT2D eigenvalue weighted by molar-refractivity contribution is -0.117. The highest BCUT2D eigenvalue weighted by Gasteiger charge is 2.16. The molecule has 0 aliphatic carbocycles. The molecule has 0 aromatic heterocycles. The summed E-state index contributed by atoms with van der Waals surface area (Å²) in [6.45, 7) is 5.42. The van der Waals surface area contributed by atoms with Crippen LogP contribution in [0.25, 0.3) is 0 Å². The number of hydrogen-bond acceptors (Lipinski definition) is 4. The Labute approximate surface area is 171 Å². The van der Waals surface area contributed by atoms with Crippen molar-refractivity contribution in [2.24, 2.45) is 0 Å². The zero-order chi connectivity index (χ0) is 20.8. The summed E-state index contributed by atoms with van der Waals surface area (Å²) in [6, 6.07) is 14.8. The minimum absolute atomic E-state index is 0.0544. The van der Waals surface area contributed by atoms with E-state index in [2.05, 4.69) is 10.2 Å². The fourth-order valence-electron chi connectivity index (χ4n) is 3.54. The van der Waals surface area contributed by atoms with Crippen LogP contribution in [-0.2, 0) is 9.59 Å². The number of Topliss-reactive ketones (excluding diaryl/α,β-unsaturated/α-hetero) is 1. The van der Waals surface area contributed by atoms with E-state index in [9.17, 15) is 14.4 Å². The Bertz CT molecular complexity index is 886. The Morgan fingerprint density at radius 3 is 2.31 bits per heavy atom. The van der Waals surface area contributed by atoms with Crippen molar-refractivity contribution >= 4 is 34.7 Å². The highest BCUT2D eigenvalue weighted by molar-refractivity contribution is 5.98. The summed E-state index contributed by atoms with van der Waals surface area (Å²) in [6.07, 6.45) is 2.59. The molecule has 1 heterocycles. The van der Waals surface area contributed by atoms with Gasteiger partial charge in [0.1, 0.15) is 0 Å². The largest absolute Gasteiger partial charge is 0.372 e. The van der Waals surface area contributed by atoms with E-state index >= 15 is 0 Å². The van der Waals surface area contributed by atoms with E-state index in [1.807, 2.05) is 24.3 Å². The molecule has 0 bridgehead atoms. The van der Waals surface area contributed by atoms with Crippen molar-refractivity contribution in [2.45, 2.75) is 33.1 Å². The molecule has 0 spiro atoms. The van der Waals surface area contributed by atoms with Gasteiger partial charge in [-0.3, -0.25) is 14.4 Å². The van der Waals surface area contributed by atoms with Crippen LogP contribution >= 0.6 is 0 Å². The summed E-state index contributed by atoms with van der Waals surface area (Å²) >= 11 is 0. The number of anilines is 3. The van der Waals surface area contributed by atoms with Crippen LogP contribution in [0.4, 0.5) is 17.1 Å². The summed E-state index contributed by atoms with van der Waals surface area (Å²) in [4.78, 5) is 39.9. The Morgan fingerprint density at radius 2 is 1.69 bits per heavy atom. The number of hydrogen-bond donors (Lipinski definition) is 1. The molecule has 0 unspecified atom stereocenters. The fourth-order valence-corrected chi connectivity index (χ4v) is 3.54. The first-order valence-electron chi connectivity index (χ1n) is 9.98. The summed E-state index contributed by atoms with van der Waals surface area (Å²) < 4.78 is 0. The zero-order valence-electron chi connectivity index (χ0n) is 17.0. The summed E-state index contributed by atoms with van der Waals surface area (Å²) in [5.74, 6) is -0.364. The average Bonchev–Trinajstić information content (AvgIpc) is 3.23. The van der Waals surface area contributed by atoms with Gasteiger partial charge in [0, 0.05) is 55.6 Å². The minimum Gasteiger partial charge on any atom is -0.372 e. The van der Waals surface area contributed by atoms with Crippen LogP contribution in [0.5, 0.6) is 0 Å². The maximum absolute atomic E-state index is 12.3. The highest BCUT2D eigenvalue weighted by Crippen LogP contribution is 2.24. The average molecular weight is 393 g/mol. The molecule has 0 saturated carbocycles. The molecule has 1 fully saturated rings. The van der Waals surface area contributed by atoms with E-state index < -0.39 is 0 Å². The van der Waals surface area contributed by atoms with Crippen LogP contribution in [0, 0.1) is 0 Å². The van der Waals surface area contributed by atoms with E-state index in [-0.39, 0.29) is 30.6 Å². The van der Waals surface area contributed by atoms with Crippen LogP contribution in [-0.4, -0.2) is 37.2 Å². The van der Waals surface area contributed by atoms with Crippen molar-refractivity contribution in [1.29, 1.82) is 0 Å². The van der Waals surface area contributed by atoms with Crippen molar-refractivity contribution in [3.8, 4) is 0 Å². The number of amides is 2. The van der Waals surface area contributed by atoms with Crippen LogP contribution in [0.1, 0.15) is 43.5 Å². The summed E-state index contributed by atoms with van der Waals surface area (Å²) in [5, 5.41) is 2.79. The van der Waals surface area contributed by atoms with Crippen LogP contribution in [0.15, 0.2) is 48.5 Å². The lowest BCUT2D eigenvalue weighted by atomic mass is 10.1. The Morgan fingerprint density at radius 1 is 1.00 bits per heavy atom. The van der Waals surface area contributed by atoms with E-state index in [0.29, 0.717) is 11.3 Å². The number of nitrogens with zero attached hydrogens (tertiary/aromatic N) is 2. The third-order valence-electron chi connectivity index (χ3n) is 5.13. The number of benzene rings is 2. The number of carbonyl (C=O) groups is 3. The van der Waals surface area contributed by atoms with Crippen molar-refractivity contribution in [3.05, 3.63) is 54.1 Å². The van der Waals surface area contributed by atoms with Gasteiger partial charge in [-0.2, -0.15) is 0 Å². The summed E-state index contributed by atoms with van der Waals surface area (Å²) in [5.41, 5.74) is 3.07. The molecule has 0 atom stereocenters. The van der Waals surface area contributed by atoms with Crippen LogP contribution < -0.4 is 15.1 Å².